The van der Waals surface area contributed by atoms with Gasteiger partial charge in [0, 0.05) is 6.42 Å². The van der Waals surface area contributed by atoms with Crippen LogP contribution in [0.25, 0.3) is 0 Å². The second-order valence-electron chi connectivity index (χ2n) is 2.47. The first-order chi connectivity index (χ1) is 4.61. The largest absolute Gasteiger partial charge is 0.458 e. The molecule has 4 nitrogen and oxygen atoms in total. The summed E-state index contributed by atoms with van der Waals surface area (Å²) in [6.07, 6.45) is -2.06. The zero-order valence-corrected chi connectivity index (χ0v) is 5.65. The Hall–Kier alpha value is -0.610. The molecule has 0 aromatic carbocycles. The molecule has 0 aromatic rings. The van der Waals surface area contributed by atoms with E-state index in [0.717, 1.165) is 0 Å². The van der Waals surface area contributed by atoms with Crippen LogP contribution in [0.3, 0.4) is 0 Å². The van der Waals surface area contributed by atoms with Crippen molar-refractivity contribution >= 4 is 5.97 Å². The van der Waals surface area contributed by atoms with E-state index >= 15 is 0 Å². The molecule has 10 heavy (non-hydrogen) atoms. The van der Waals surface area contributed by atoms with E-state index in [0.29, 0.717) is 0 Å². The zero-order valence-electron chi connectivity index (χ0n) is 5.65. The summed E-state index contributed by atoms with van der Waals surface area (Å²) in [5.74, 6) is -0.633. The first-order valence-electron chi connectivity index (χ1n) is 3.18. The maximum absolute atomic E-state index is 10.5. The molecule has 1 fully saturated rings. The van der Waals surface area contributed by atoms with Crippen molar-refractivity contribution in [1.29, 1.82) is 0 Å². The van der Waals surface area contributed by atoms with Crippen molar-refractivity contribution in [3.8, 4) is 0 Å². The molecule has 1 saturated heterocycles. The topological polar surface area (TPSA) is 66.8 Å². The molecule has 0 bridgehead atoms. The van der Waals surface area contributed by atoms with Crippen LogP contribution in [0.1, 0.15) is 13.3 Å². The number of hydrogen-bond acceptors (Lipinski definition) is 4. The number of carbonyl (C=O) groups excluding carboxylic acids is 1. The van der Waals surface area contributed by atoms with Crippen molar-refractivity contribution in [3.63, 3.8) is 0 Å². The Labute approximate surface area is 58.4 Å². The number of aliphatic hydroxyl groups is 2. The molecule has 0 saturated carbocycles. The lowest BCUT2D eigenvalue weighted by atomic mass is 10.1. The van der Waals surface area contributed by atoms with Crippen LogP contribution in [0.15, 0.2) is 0 Å². The first-order valence-corrected chi connectivity index (χ1v) is 3.18. The van der Waals surface area contributed by atoms with E-state index in [1.54, 1.807) is 0 Å². The normalized spacial score (nSPS) is 35.7. The molecule has 0 aromatic heterocycles. The van der Waals surface area contributed by atoms with Gasteiger partial charge >= 0.3 is 5.97 Å². The number of aliphatic hydroxyl groups excluding tert-OH is 2. The number of cyclic esters (lactones) is 1. The molecule has 2 N–H and O–H groups in total. The van der Waals surface area contributed by atoms with Gasteiger partial charge in [0.25, 0.3) is 0 Å². The number of hydrogen-bond donors (Lipinski definition) is 2. The van der Waals surface area contributed by atoms with E-state index in [1.807, 2.05) is 0 Å². The van der Waals surface area contributed by atoms with Gasteiger partial charge in [0.05, 0.1) is 6.10 Å². The van der Waals surface area contributed by atoms with Crippen LogP contribution in [0.2, 0.25) is 0 Å². The van der Waals surface area contributed by atoms with E-state index < -0.39 is 24.3 Å². The molecule has 1 heterocycles. The highest BCUT2D eigenvalue weighted by atomic mass is 16.6. The minimum Gasteiger partial charge on any atom is -0.458 e. The number of rotatable bonds is 1. The van der Waals surface area contributed by atoms with Gasteiger partial charge in [-0.1, -0.05) is 0 Å². The Morgan fingerprint density at radius 3 is 2.60 bits per heavy atom. The molecule has 0 radical (unpaired) electrons. The summed E-state index contributed by atoms with van der Waals surface area (Å²) in [6.45, 7) is 1.52. The molecule has 3 unspecified atom stereocenters. The highest BCUT2D eigenvalue weighted by molar-refractivity contribution is 5.76. The third-order valence-electron chi connectivity index (χ3n) is 1.53. The van der Waals surface area contributed by atoms with E-state index in [4.69, 9.17) is 10.2 Å². The predicted octanol–water partition coefficient (Wildman–Crippen LogP) is -0.956. The third kappa shape index (κ3) is 1.27. The molecule has 0 aliphatic carbocycles. The van der Waals surface area contributed by atoms with Crippen molar-refractivity contribution in [2.45, 2.75) is 31.7 Å². The van der Waals surface area contributed by atoms with Crippen LogP contribution >= 0.6 is 0 Å². The summed E-state index contributed by atoms with van der Waals surface area (Å²) in [7, 11) is 0. The van der Waals surface area contributed by atoms with Crippen molar-refractivity contribution < 1.29 is 19.7 Å². The average Bonchev–Trinajstić information content (AvgIpc) is 2.13. The molecule has 1 rings (SSSR count). The van der Waals surface area contributed by atoms with Gasteiger partial charge in [0.2, 0.25) is 0 Å². The summed E-state index contributed by atoms with van der Waals surface area (Å²) in [6, 6.07) is 0. The van der Waals surface area contributed by atoms with Gasteiger partial charge < -0.3 is 14.9 Å². The van der Waals surface area contributed by atoms with E-state index in [9.17, 15) is 4.79 Å². The maximum Gasteiger partial charge on any atom is 0.335 e. The Balaban J connectivity index is 2.49. The Kier molecular flexibility index (Phi) is 1.92. The molecule has 4 heteroatoms. The Morgan fingerprint density at radius 1 is 1.80 bits per heavy atom. The fourth-order valence-electron chi connectivity index (χ4n) is 0.888. The molecular weight excluding hydrogens is 136 g/mol. The van der Waals surface area contributed by atoms with Crippen LogP contribution in [0, 0.1) is 0 Å². The van der Waals surface area contributed by atoms with Crippen LogP contribution in [0.5, 0.6) is 0 Å². The summed E-state index contributed by atoms with van der Waals surface area (Å²) in [4.78, 5) is 10.5. The fourth-order valence-corrected chi connectivity index (χ4v) is 0.888. The average molecular weight is 146 g/mol. The summed E-state index contributed by atoms with van der Waals surface area (Å²) in [5.41, 5.74) is 0. The summed E-state index contributed by atoms with van der Waals surface area (Å²) < 4.78 is 4.60. The van der Waals surface area contributed by atoms with Crippen LogP contribution in [0.4, 0.5) is 0 Å². The highest BCUT2D eigenvalue weighted by Crippen LogP contribution is 2.17. The number of carbonyl (C=O) groups is 1. The molecule has 0 amide bonds. The van der Waals surface area contributed by atoms with Gasteiger partial charge in [-0.25, -0.2) is 4.79 Å². The Bertz CT molecular complexity index is 143. The van der Waals surface area contributed by atoms with E-state index in [-0.39, 0.29) is 6.42 Å². The number of ether oxygens (including phenoxy) is 1. The monoisotopic (exact) mass is 146 g/mol. The van der Waals surface area contributed by atoms with Crippen LogP contribution in [-0.2, 0) is 9.53 Å². The minimum absolute atomic E-state index is 0.205. The SMILES string of the molecule is CC(O)C1CC(O)C(=O)O1. The predicted molar refractivity (Wildman–Crippen MR) is 32.2 cm³/mol. The first kappa shape index (κ1) is 7.50. The fraction of sp³-hybridized carbons (Fsp3) is 0.833. The molecule has 58 valence electrons. The van der Waals surface area contributed by atoms with E-state index in [1.165, 1.54) is 6.92 Å². The van der Waals surface area contributed by atoms with Crippen molar-refractivity contribution in [3.05, 3.63) is 0 Å². The van der Waals surface area contributed by atoms with Gasteiger partial charge in [-0.3, -0.25) is 0 Å². The van der Waals surface area contributed by atoms with Crippen LogP contribution < -0.4 is 0 Å². The van der Waals surface area contributed by atoms with Crippen molar-refractivity contribution in [1.82, 2.24) is 0 Å². The number of esters is 1. The van der Waals surface area contributed by atoms with Crippen molar-refractivity contribution in [2.24, 2.45) is 0 Å². The lowest BCUT2D eigenvalue weighted by Gasteiger charge is -2.10. The molecular formula is C6H10O4. The second-order valence-corrected chi connectivity index (χ2v) is 2.47. The molecule has 0 spiro atoms. The summed E-state index contributed by atoms with van der Waals surface area (Å²) >= 11 is 0. The van der Waals surface area contributed by atoms with Gasteiger partial charge in [-0.2, -0.15) is 0 Å². The standard InChI is InChI=1S/C6H10O4/c1-3(7)5-2-4(8)6(9)10-5/h3-5,7-8H,2H2,1H3. The highest BCUT2D eigenvalue weighted by Gasteiger charge is 2.35. The minimum atomic E-state index is -1.04. The quantitative estimate of drug-likeness (QED) is 0.468. The molecule has 1 aliphatic heterocycles. The zero-order chi connectivity index (χ0) is 7.72. The van der Waals surface area contributed by atoms with Gasteiger partial charge in [0.15, 0.2) is 6.10 Å². The smallest absolute Gasteiger partial charge is 0.335 e. The molecule has 3 atom stereocenters. The maximum atomic E-state index is 10.5. The van der Waals surface area contributed by atoms with Gasteiger partial charge in [-0.15, -0.1) is 0 Å². The lowest BCUT2D eigenvalue weighted by molar-refractivity contribution is -0.150. The van der Waals surface area contributed by atoms with Crippen molar-refractivity contribution in [2.75, 3.05) is 0 Å². The Morgan fingerprint density at radius 2 is 2.40 bits per heavy atom. The lowest BCUT2D eigenvalue weighted by Crippen LogP contribution is -2.21. The van der Waals surface area contributed by atoms with Gasteiger partial charge in [0.1, 0.15) is 6.10 Å². The second kappa shape index (κ2) is 2.56. The molecule has 1 aliphatic rings. The third-order valence-corrected chi connectivity index (χ3v) is 1.53. The summed E-state index contributed by atoms with van der Waals surface area (Å²) in [5, 5.41) is 17.7. The van der Waals surface area contributed by atoms with Gasteiger partial charge in [-0.05, 0) is 6.92 Å². The van der Waals surface area contributed by atoms with Crippen LogP contribution in [-0.4, -0.2) is 34.5 Å². The van der Waals surface area contributed by atoms with E-state index in [2.05, 4.69) is 4.74 Å².